The SMILES string of the molecule is CCCc1ccccc1Nc1nc(CC(=O)O)cs1. The second kappa shape index (κ2) is 6.33. The van der Waals surface area contributed by atoms with E-state index in [0.717, 1.165) is 23.7 Å². The van der Waals surface area contributed by atoms with Crippen LogP contribution in [0.4, 0.5) is 10.8 Å². The number of carboxylic acids is 1. The molecule has 0 aliphatic heterocycles. The van der Waals surface area contributed by atoms with Crippen molar-refractivity contribution in [2.75, 3.05) is 5.32 Å². The average molecular weight is 276 g/mol. The largest absolute Gasteiger partial charge is 0.481 e. The third-order valence-corrected chi connectivity index (χ3v) is 3.47. The minimum atomic E-state index is -0.858. The maximum atomic E-state index is 10.6. The highest BCUT2D eigenvalue weighted by atomic mass is 32.1. The van der Waals surface area contributed by atoms with Crippen LogP contribution in [0.2, 0.25) is 0 Å². The minimum Gasteiger partial charge on any atom is -0.481 e. The second-order valence-electron chi connectivity index (χ2n) is 4.25. The lowest BCUT2D eigenvalue weighted by Gasteiger charge is -2.08. The van der Waals surface area contributed by atoms with E-state index in [2.05, 4.69) is 23.3 Å². The number of carbonyl (C=O) groups is 1. The monoisotopic (exact) mass is 276 g/mol. The summed E-state index contributed by atoms with van der Waals surface area (Å²) in [6.07, 6.45) is 2.06. The van der Waals surface area contributed by atoms with E-state index in [1.807, 2.05) is 18.2 Å². The van der Waals surface area contributed by atoms with Gasteiger partial charge in [-0.15, -0.1) is 11.3 Å². The van der Waals surface area contributed by atoms with Gasteiger partial charge >= 0.3 is 5.97 Å². The number of nitrogens with zero attached hydrogens (tertiary/aromatic N) is 1. The molecule has 0 aliphatic carbocycles. The van der Waals surface area contributed by atoms with E-state index < -0.39 is 5.97 Å². The molecule has 0 spiro atoms. The number of benzene rings is 1. The van der Waals surface area contributed by atoms with Gasteiger partial charge in [-0.25, -0.2) is 4.98 Å². The summed E-state index contributed by atoms with van der Waals surface area (Å²) < 4.78 is 0. The Kier molecular flexibility index (Phi) is 4.52. The zero-order valence-electron chi connectivity index (χ0n) is 10.7. The van der Waals surface area contributed by atoms with Crippen molar-refractivity contribution in [1.29, 1.82) is 0 Å². The van der Waals surface area contributed by atoms with Crippen LogP contribution in [0, 0.1) is 0 Å². The molecule has 0 radical (unpaired) electrons. The maximum Gasteiger partial charge on any atom is 0.309 e. The smallest absolute Gasteiger partial charge is 0.309 e. The number of para-hydroxylation sites is 1. The van der Waals surface area contributed by atoms with Gasteiger partial charge in [-0.1, -0.05) is 31.5 Å². The van der Waals surface area contributed by atoms with Gasteiger partial charge in [-0.05, 0) is 18.1 Å². The van der Waals surface area contributed by atoms with E-state index in [4.69, 9.17) is 5.11 Å². The normalized spacial score (nSPS) is 10.4. The van der Waals surface area contributed by atoms with Crippen LogP contribution in [0.3, 0.4) is 0 Å². The van der Waals surface area contributed by atoms with Gasteiger partial charge in [0, 0.05) is 11.1 Å². The van der Waals surface area contributed by atoms with E-state index in [-0.39, 0.29) is 6.42 Å². The number of aromatic nitrogens is 1. The van der Waals surface area contributed by atoms with Gasteiger partial charge in [-0.3, -0.25) is 4.79 Å². The Hall–Kier alpha value is -1.88. The minimum absolute atomic E-state index is 0.0329. The van der Waals surface area contributed by atoms with Crippen molar-refractivity contribution in [2.45, 2.75) is 26.2 Å². The van der Waals surface area contributed by atoms with Gasteiger partial charge in [0.1, 0.15) is 0 Å². The van der Waals surface area contributed by atoms with E-state index in [0.29, 0.717) is 5.69 Å². The molecule has 2 aromatic rings. The number of anilines is 2. The van der Waals surface area contributed by atoms with Gasteiger partial charge in [0.05, 0.1) is 12.1 Å². The van der Waals surface area contributed by atoms with Crippen molar-refractivity contribution in [3.05, 3.63) is 40.9 Å². The van der Waals surface area contributed by atoms with Crippen LogP contribution in [0.15, 0.2) is 29.6 Å². The molecule has 1 heterocycles. The van der Waals surface area contributed by atoms with Gasteiger partial charge in [-0.2, -0.15) is 0 Å². The number of thiazole rings is 1. The number of aliphatic carboxylic acids is 1. The van der Waals surface area contributed by atoms with E-state index in [9.17, 15) is 4.79 Å². The number of nitrogens with one attached hydrogen (secondary N) is 1. The Balaban J connectivity index is 2.12. The average Bonchev–Trinajstić information content (AvgIpc) is 2.78. The van der Waals surface area contributed by atoms with Crippen LogP contribution in [-0.2, 0) is 17.6 Å². The van der Waals surface area contributed by atoms with Crippen LogP contribution in [0.25, 0.3) is 0 Å². The standard InChI is InChI=1S/C14H16N2O2S/c1-2-5-10-6-3-4-7-12(10)16-14-15-11(9-19-14)8-13(17)18/h3-4,6-7,9H,2,5,8H2,1H3,(H,15,16)(H,17,18). The molecular formula is C14H16N2O2S. The Bertz CT molecular complexity index is 566. The lowest BCUT2D eigenvalue weighted by atomic mass is 10.1. The number of rotatable bonds is 6. The Morgan fingerprint density at radius 2 is 2.21 bits per heavy atom. The van der Waals surface area contributed by atoms with Crippen LogP contribution in [0.1, 0.15) is 24.6 Å². The quantitative estimate of drug-likeness (QED) is 0.848. The topological polar surface area (TPSA) is 62.2 Å². The first-order valence-corrected chi connectivity index (χ1v) is 7.08. The summed E-state index contributed by atoms with van der Waals surface area (Å²) in [6.45, 7) is 2.14. The fourth-order valence-electron chi connectivity index (χ4n) is 1.85. The molecule has 0 amide bonds. The molecular weight excluding hydrogens is 260 g/mol. The molecule has 100 valence electrons. The van der Waals surface area contributed by atoms with Gasteiger partial charge in [0.2, 0.25) is 0 Å². The molecule has 0 unspecified atom stereocenters. The Morgan fingerprint density at radius 3 is 2.95 bits per heavy atom. The van der Waals surface area contributed by atoms with Crippen molar-refractivity contribution in [2.24, 2.45) is 0 Å². The highest BCUT2D eigenvalue weighted by Gasteiger charge is 2.07. The summed E-state index contributed by atoms with van der Waals surface area (Å²) in [5, 5.41) is 14.5. The van der Waals surface area contributed by atoms with E-state index in [1.54, 1.807) is 5.38 Å². The van der Waals surface area contributed by atoms with Crippen molar-refractivity contribution in [3.63, 3.8) is 0 Å². The predicted octanol–water partition coefficient (Wildman–Crippen LogP) is 3.47. The van der Waals surface area contributed by atoms with E-state index in [1.165, 1.54) is 16.9 Å². The van der Waals surface area contributed by atoms with Crippen LogP contribution < -0.4 is 5.32 Å². The van der Waals surface area contributed by atoms with Crippen LogP contribution in [0.5, 0.6) is 0 Å². The van der Waals surface area contributed by atoms with E-state index >= 15 is 0 Å². The zero-order valence-corrected chi connectivity index (χ0v) is 11.5. The number of hydrogen-bond acceptors (Lipinski definition) is 4. The fourth-order valence-corrected chi connectivity index (χ4v) is 2.57. The molecule has 0 bridgehead atoms. The molecule has 0 saturated carbocycles. The third-order valence-electron chi connectivity index (χ3n) is 2.66. The molecule has 4 nitrogen and oxygen atoms in total. The highest BCUT2D eigenvalue weighted by molar-refractivity contribution is 7.13. The molecule has 5 heteroatoms. The lowest BCUT2D eigenvalue weighted by molar-refractivity contribution is -0.136. The van der Waals surface area contributed by atoms with Crippen molar-refractivity contribution >= 4 is 28.1 Å². The lowest BCUT2D eigenvalue weighted by Crippen LogP contribution is -2.00. The predicted molar refractivity (Wildman–Crippen MR) is 77.2 cm³/mol. The first kappa shape index (κ1) is 13.5. The van der Waals surface area contributed by atoms with Crippen LogP contribution >= 0.6 is 11.3 Å². The third kappa shape index (κ3) is 3.79. The van der Waals surface area contributed by atoms with Crippen molar-refractivity contribution in [3.8, 4) is 0 Å². The zero-order chi connectivity index (χ0) is 13.7. The summed E-state index contributed by atoms with van der Waals surface area (Å²) in [4.78, 5) is 14.9. The van der Waals surface area contributed by atoms with Gasteiger partial charge in [0.15, 0.2) is 5.13 Å². The summed E-state index contributed by atoms with van der Waals surface area (Å²) >= 11 is 1.43. The Morgan fingerprint density at radius 1 is 1.42 bits per heavy atom. The number of aryl methyl sites for hydroxylation is 1. The summed E-state index contributed by atoms with van der Waals surface area (Å²) in [5.74, 6) is -0.858. The number of carboxylic acid groups (broad SMARTS) is 1. The number of hydrogen-bond donors (Lipinski definition) is 2. The molecule has 0 aliphatic rings. The van der Waals surface area contributed by atoms with Crippen LogP contribution in [-0.4, -0.2) is 16.1 Å². The molecule has 1 aromatic carbocycles. The molecule has 1 aromatic heterocycles. The maximum absolute atomic E-state index is 10.6. The molecule has 19 heavy (non-hydrogen) atoms. The first-order valence-electron chi connectivity index (χ1n) is 6.20. The molecule has 2 N–H and O–H groups in total. The van der Waals surface area contributed by atoms with Gasteiger partial charge < -0.3 is 10.4 Å². The Labute approximate surface area is 116 Å². The molecule has 2 rings (SSSR count). The highest BCUT2D eigenvalue weighted by Crippen LogP contribution is 2.24. The van der Waals surface area contributed by atoms with Crippen molar-refractivity contribution < 1.29 is 9.90 Å². The summed E-state index contributed by atoms with van der Waals surface area (Å²) in [7, 11) is 0. The first-order chi connectivity index (χ1) is 9.19. The second-order valence-corrected chi connectivity index (χ2v) is 5.10. The summed E-state index contributed by atoms with van der Waals surface area (Å²) in [5.41, 5.74) is 2.88. The molecule has 0 fully saturated rings. The molecule has 0 atom stereocenters. The van der Waals surface area contributed by atoms with Crippen molar-refractivity contribution in [1.82, 2.24) is 4.98 Å². The molecule has 0 saturated heterocycles. The fraction of sp³-hybridized carbons (Fsp3) is 0.286. The van der Waals surface area contributed by atoms with Gasteiger partial charge in [0.25, 0.3) is 0 Å². The summed E-state index contributed by atoms with van der Waals surface area (Å²) in [6, 6.07) is 8.11.